The Balaban J connectivity index is 1.79. The van der Waals surface area contributed by atoms with Crippen LogP contribution in [0.25, 0.3) is 11.0 Å². The van der Waals surface area contributed by atoms with Gasteiger partial charge in [0.1, 0.15) is 18.0 Å². The number of furan rings is 1. The molecule has 2 aromatic rings. The minimum absolute atomic E-state index is 0.238. The summed E-state index contributed by atoms with van der Waals surface area (Å²) < 4.78 is 12.0. The Morgan fingerprint density at radius 1 is 1.24 bits per heavy atom. The van der Waals surface area contributed by atoms with Gasteiger partial charge >= 0.3 is 0 Å². The van der Waals surface area contributed by atoms with Gasteiger partial charge in [-0.2, -0.15) is 0 Å². The Labute approximate surface area is 126 Å². The van der Waals surface area contributed by atoms with E-state index in [1.54, 1.807) is 0 Å². The molecule has 1 atom stereocenters. The second kappa shape index (κ2) is 6.20. The Kier molecular flexibility index (Phi) is 4.32. The number of hydrogen-bond acceptors (Lipinski definition) is 3. The van der Waals surface area contributed by atoms with E-state index in [2.05, 4.69) is 38.2 Å². The molecule has 1 saturated carbocycles. The van der Waals surface area contributed by atoms with Crippen LogP contribution in [-0.2, 0) is 17.9 Å². The lowest BCUT2D eigenvalue weighted by Gasteiger charge is -2.16. The summed E-state index contributed by atoms with van der Waals surface area (Å²) in [5.41, 5.74) is 2.22. The lowest BCUT2D eigenvalue weighted by Crippen LogP contribution is -2.18. The van der Waals surface area contributed by atoms with E-state index in [9.17, 15) is 0 Å². The molecule has 1 aromatic carbocycles. The molecular weight excluding hydrogens is 262 g/mol. The predicted molar refractivity (Wildman–Crippen MR) is 85.2 cm³/mol. The van der Waals surface area contributed by atoms with Crippen LogP contribution in [0.4, 0.5) is 0 Å². The zero-order valence-electron chi connectivity index (χ0n) is 13.2. The van der Waals surface area contributed by atoms with Gasteiger partial charge in [0.05, 0.1) is 6.10 Å². The Morgan fingerprint density at radius 2 is 2.00 bits per heavy atom. The molecular formula is C18H25NO2. The number of benzene rings is 1. The van der Waals surface area contributed by atoms with Gasteiger partial charge in [-0.15, -0.1) is 0 Å². The summed E-state index contributed by atoms with van der Waals surface area (Å²) in [6, 6.07) is 8.95. The van der Waals surface area contributed by atoms with Gasteiger partial charge in [-0.25, -0.2) is 0 Å². The maximum atomic E-state index is 6.02. The molecule has 21 heavy (non-hydrogen) atoms. The third-order valence-corrected chi connectivity index (χ3v) is 4.34. The standard InChI is InChI=1S/C18H25NO2/c1-12(2)13(3)20-11-18-16(10-19-14-8-9-14)15-6-4-5-7-17(15)21-18/h4-7,12-14,19H,8-11H2,1-3H3. The Morgan fingerprint density at radius 3 is 2.71 bits per heavy atom. The van der Waals surface area contributed by atoms with E-state index >= 15 is 0 Å². The van der Waals surface area contributed by atoms with Crippen LogP contribution in [0.5, 0.6) is 0 Å². The van der Waals surface area contributed by atoms with E-state index in [4.69, 9.17) is 9.15 Å². The first-order valence-corrected chi connectivity index (χ1v) is 7.99. The average Bonchev–Trinajstić information content (AvgIpc) is 3.23. The van der Waals surface area contributed by atoms with Crippen LogP contribution < -0.4 is 5.32 Å². The number of rotatable bonds is 7. The molecule has 3 nitrogen and oxygen atoms in total. The van der Waals surface area contributed by atoms with Crippen molar-refractivity contribution in [2.75, 3.05) is 0 Å². The maximum absolute atomic E-state index is 6.02. The van der Waals surface area contributed by atoms with Gasteiger partial charge in [0.2, 0.25) is 0 Å². The van der Waals surface area contributed by atoms with Crippen molar-refractivity contribution in [3.63, 3.8) is 0 Å². The van der Waals surface area contributed by atoms with Crippen molar-refractivity contribution < 1.29 is 9.15 Å². The lowest BCUT2D eigenvalue weighted by atomic mass is 10.1. The van der Waals surface area contributed by atoms with Crippen LogP contribution in [0.2, 0.25) is 0 Å². The summed E-state index contributed by atoms with van der Waals surface area (Å²) in [6.07, 6.45) is 2.83. The number of nitrogens with one attached hydrogen (secondary N) is 1. The number of hydrogen-bond donors (Lipinski definition) is 1. The molecule has 1 fully saturated rings. The fourth-order valence-electron chi connectivity index (χ4n) is 2.39. The van der Waals surface area contributed by atoms with Crippen LogP contribution in [0.3, 0.4) is 0 Å². The van der Waals surface area contributed by atoms with Gasteiger partial charge < -0.3 is 14.5 Å². The van der Waals surface area contributed by atoms with Crippen molar-refractivity contribution >= 4 is 11.0 Å². The Hall–Kier alpha value is -1.32. The summed E-state index contributed by atoms with van der Waals surface area (Å²) >= 11 is 0. The summed E-state index contributed by atoms with van der Waals surface area (Å²) in [4.78, 5) is 0. The highest BCUT2D eigenvalue weighted by Gasteiger charge is 2.22. The van der Waals surface area contributed by atoms with Crippen molar-refractivity contribution in [1.82, 2.24) is 5.32 Å². The van der Waals surface area contributed by atoms with Crippen molar-refractivity contribution in [1.29, 1.82) is 0 Å². The van der Waals surface area contributed by atoms with E-state index in [0.717, 1.165) is 17.9 Å². The third-order valence-electron chi connectivity index (χ3n) is 4.34. The fraction of sp³-hybridized carbons (Fsp3) is 0.556. The smallest absolute Gasteiger partial charge is 0.135 e. The molecule has 1 unspecified atom stereocenters. The van der Waals surface area contributed by atoms with Crippen LogP contribution in [0, 0.1) is 5.92 Å². The minimum atomic E-state index is 0.238. The minimum Gasteiger partial charge on any atom is -0.458 e. The summed E-state index contributed by atoms with van der Waals surface area (Å²) in [7, 11) is 0. The molecule has 0 amide bonds. The van der Waals surface area contributed by atoms with Gasteiger partial charge in [-0.3, -0.25) is 0 Å². The molecule has 114 valence electrons. The van der Waals surface area contributed by atoms with Gasteiger partial charge in [0.15, 0.2) is 0 Å². The van der Waals surface area contributed by atoms with Gasteiger partial charge in [-0.05, 0) is 31.7 Å². The van der Waals surface area contributed by atoms with Crippen molar-refractivity contribution in [3.8, 4) is 0 Å². The summed E-state index contributed by atoms with van der Waals surface area (Å²) in [5.74, 6) is 1.49. The highest BCUT2D eigenvalue weighted by molar-refractivity contribution is 5.82. The quantitative estimate of drug-likeness (QED) is 0.827. The topological polar surface area (TPSA) is 34.4 Å². The second-order valence-electron chi connectivity index (χ2n) is 6.42. The highest BCUT2D eigenvalue weighted by atomic mass is 16.5. The fourth-order valence-corrected chi connectivity index (χ4v) is 2.39. The third kappa shape index (κ3) is 3.47. The van der Waals surface area contributed by atoms with Gasteiger partial charge in [0, 0.05) is 23.5 Å². The molecule has 3 rings (SSSR count). The maximum Gasteiger partial charge on any atom is 0.135 e. The average molecular weight is 287 g/mol. The van der Waals surface area contributed by atoms with Crippen LogP contribution in [0.1, 0.15) is 44.9 Å². The van der Waals surface area contributed by atoms with Crippen LogP contribution in [-0.4, -0.2) is 12.1 Å². The van der Waals surface area contributed by atoms with E-state index < -0.39 is 0 Å². The number of fused-ring (bicyclic) bond motifs is 1. The molecule has 1 aromatic heterocycles. The van der Waals surface area contributed by atoms with E-state index in [1.165, 1.54) is 23.8 Å². The SMILES string of the molecule is CC(C)C(C)OCc1oc2ccccc2c1CNC1CC1. The molecule has 0 saturated heterocycles. The normalized spacial score (nSPS) is 16.8. The summed E-state index contributed by atoms with van der Waals surface area (Å²) in [6.45, 7) is 7.90. The molecule has 1 N–H and O–H groups in total. The first-order chi connectivity index (χ1) is 10.1. The van der Waals surface area contributed by atoms with Crippen molar-refractivity contribution in [2.24, 2.45) is 5.92 Å². The number of ether oxygens (including phenoxy) is 1. The van der Waals surface area contributed by atoms with Gasteiger partial charge in [-0.1, -0.05) is 32.0 Å². The number of para-hydroxylation sites is 1. The van der Waals surface area contributed by atoms with E-state index in [0.29, 0.717) is 18.6 Å². The largest absolute Gasteiger partial charge is 0.458 e. The molecule has 1 aliphatic carbocycles. The highest BCUT2D eigenvalue weighted by Crippen LogP contribution is 2.28. The molecule has 0 bridgehead atoms. The molecule has 3 heteroatoms. The van der Waals surface area contributed by atoms with Crippen LogP contribution >= 0.6 is 0 Å². The molecule has 1 aliphatic rings. The zero-order valence-corrected chi connectivity index (χ0v) is 13.2. The molecule has 1 heterocycles. The van der Waals surface area contributed by atoms with Crippen LogP contribution in [0.15, 0.2) is 28.7 Å². The monoisotopic (exact) mass is 287 g/mol. The molecule has 0 aliphatic heterocycles. The first-order valence-electron chi connectivity index (χ1n) is 7.99. The molecule has 0 spiro atoms. The first kappa shape index (κ1) is 14.6. The predicted octanol–water partition coefficient (Wildman–Crippen LogP) is 4.25. The van der Waals surface area contributed by atoms with Gasteiger partial charge in [0.25, 0.3) is 0 Å². The Bertz CT molecular complexity index is 598. The van der Waals surface area contributed by atoms with Crippen molar-refractivity contribution in [2.45, 2.75) is 58.9 Å². The van der Waals surface area contributed by atoms with E-state index in [1.807, 2.05) is 12.1 Å². The molecule has 0 radical (unpaired) electrons. The lowest BCUT2D eigenvalue weighted by molar-refractivity contribution is 0.0150. The van der Waals surface area contributed by atoms with Crippen molar-refractivity contribution in [3.05, 3.63) is 35.6 Å². The summed E-state index contributed by atoms with van der Waals surface area (Å²) in [5, 5.41) is 4.80. The second-order valence-corrected chi connectivity index (χ2v) is 6.42. The van der Waals surface area contributed by atoms with E-state index in [-0.39, 0.29) is 6.10 Å². The zero-order chi connectivity index (χ0) is 14.8.